The first-order valence-corrected chi connectivity index (χ1v) is 6.38. The minimum absolute atomic E-state index is 0.214. The molecule has 1 unspecified atom stereocenters. The Morgan fingerprint density at radius 3 is 2.33 bits per heavy atom. The summed E-state index contributed by atoms with van der Waals surface area (Å²) in [7, 11) is 0. The first kappa shape index (κ1) is 13.7. The third-order valence-corrected chi connectivity index (χ3v) is 3.71. The number of nitrogens with two attached hydrogens (primary N) is 1. The summed E-state index contributed by atoms with van der Waals surface area (Å²) in [6.45, 7) is 0. The van der Waals surface area contributed by atoms with Crippen molar-refractivity contribution >= 4 is 34.8 Å². The van der Waals surface area contributed by atoms with Crippen molar-refractivity contribution in [1.29, 1.82) is 0 Å². The maximum absolute atomic E-state index is 6.12. The molecule has 1 aromatic heterocycles. The molecule has 0 amide bonds. The zero-order valence-electron chi connectivity index (χ0n) is 9.29. The zero-order valence-corrected chi connectivity index (χ0v) is 11.6. The average molecular weight is 306 g/mol. The van der Waals surface area contributed by atoms with Crippen molar-refractivity contribution in [3.05, 3.63) is 56.9 Å². The number of halogens is 3. The van der Waals surface area contributed by atoms with E-state index in [9.17, 15) is 0 Å². The fourth-order valence-electron chi connectivity index (χ4n) is 1.74. The van der Waals surface area contributed by atoms with Crippen LogP contribution in [0.3, 0.4) is 0 Å². The molecule has 0 radical (unpaired) electrons. The summed E-state index contributed by atoms with van der Waals surface area (Å²) in [5, 5.41) is 1.51. The van der Waals surface area contributed by atoms with Crippen LogP contribution in [0.1, 0.15) is 17.2 Å². The van der Waals surface area contributed by atoms with Crippen LogP contribution < -0.4 is 11.3 Å². The molecule has 0 aliphatic rings. The molecule has 0 fully saturated rings. The quantitative estimate of drug-likeness (QED) is 0.663. The molecule has 6 heteroatoms. The van der Waals surface area contributed by atoms with Gasteiger partial charge in [0, 0.05) is 15.6 Å². The van der Waals surface area contributed by atoms with Gasteiger partial charge in [-0.25, -0.2) is 0 Å². The van der Waals surface area contributed by atoms with Gasteiger partial charge in [0.25, 0.3) is 0 Å². The van der Waals surface area contributed by atoms with Gasteiger partial charge in [0.1, 0.15) is 0 Å². The Kier molecular flexibility index (Phi) is 4.54. The summed E-state index contributed by atoms with van der Waals surface area (Å²) in [6.07, 6.45) is 2.03. The Hall–Kier alpha value is -0.710. The molecule has 0 aliphatic heterocycles. The maximum Gasteiger partial charge on any atom is 0.197 e. The lowest BCUT2D eigenvalue weighted by Crippen LogP contribution is -2.29. The van der Waals surface area contributed by atoms with Crippen LogP contribution in [0.4, 0.5) is 0 Å². The molecule has 96 valence electrons. The van der Waals surface area contributed by atoms with Crippen molar-refractivity contribution in [2.24, 2.45) is 5.84 Å². The van der Waals surface area contributed by atoms with Crippen LogP contribution in [-0.4, -0.2) is 0 Å². The number of benzene rings is 1. The zero-order chi connectivity index (χ0) is 13.1. The molecule has 0 bridgehead atoms. The van der Waals surface area contributed by atoms with Gasteiger partial charge in [-0.15, -0.1) is 0 Å². The Morgan fingerprint density at radius 2 is 1.83 bits per heavy atom. The molecule has 0 spiro atoms. The largest absolute Gasteiger partial charge is 0.453 e. The van der Waals surface area contributed by atoms with E-state index >= 15 is 0 Å². The van der Waals surface area contributed by atoms with E-state index in [1.54, 1.807) is 24.3 Å². The lowest BCUT2D eigenvalue weighted by atomic mass is 10.0. The van der Waals surface area contributed by atoms with Crippen molar-refractivity contribution in [1.82, 2.24) is 5.43 Å². The second-order valence-electron chi connectivity index (χ2n) is 3.77. The molecule has 0 saturated heterocycles. The number of rotatable bonds is 4. The minimum atomic E-state index is -0.214. The molecule has 3 N–H and O–H groups in total. The number of furan rings is 1. The number of hydrazine groups is 1. The van der Waals surface area contributed by atoms with E-state index in [1.165, 1.54) is 6.26 Å². The smallest absolute Gasteiger partial charge is 0.197 e. The summed E-state index contributed by atoms with van der Waals surface area (Å²) in [4.78, 5) is 0. The summed E-state index contributed by atoms with van der Waals surface area (Å²) < 4.78 is 5.05. The molecule has 0 aliphatic carbocycles. The van der Waals surface area contributed by atoms with Crippen molar-refractivity contribution in [3.8, 4) is 0 Å². The predicted molar refractivity (Wildman–Crippen MR) is 73.9 cm³/mol. The predicted octanol–water partition coefficient (Wildman–Crippen LogP) is 3.99. The molecule has 1 aromatic carbocycles. The number of nitrogens with one attached hydrogen (secondary N) is 1. The lowest BCUT2D eigenvalue weighted by molar-refractivity contribution is 0.527. The van der Waals surface area contributed by atoms with Crippen molar-refractivity contribution in [2.45, 2.75) is 12.5 Å². The van der Waals surface area contributed by atoms with Crippen molar-refractivity contribution in [3.63, 3.8) is 0 Å². The normalized spacial score (nSPS) is 12.7. The Labute approximate surface area is 120 Å². The molecule has 2 aromatic rings. The van der Waals surface area contributed by atoms with Crippen LogP contribution in [0.25, 0.3) is 0 Å². The second kappa shape index (κ2) is 5.95. The van der Waals surface area contributed by atoms with E-state index in [2.05, 4.69) is 5.43 Å². The van der Waals surface area contributed by atoms with Crippen LogP contribution in [0.5, 0.6) is 0 Å². The maximum atomic E-state index is 6.12. The topological polar surface area (TPSA) is 51.2 Å². The van der Waals surface area contributed by atoms with Gasteiger partial charge < -0.3 is 4.42 Å². The standard InChI is InChI=1S/C12H11Cl3N2O/c13-9-2-1-3-10(14)8(9)6-11(17-16)7-4-5-18-12(7)15/h1-5,11,17H,6,16H2. The van der Waals surface area contributed by atoms with Crippen molar-refractivity contribution in [2.75, 3.05) is 0 Å². The summed E-state index contributed by atoms with van der Waals surface area (Å²) in [5.74, 6) is 5.54. The highest BCUT2D eigenvalue weighted by molar-refractivity contribution is 6.36. The lowest BCUT2D eigenvalue weighted by Gasteiger charge is -2.16. The van der Waals surface area contributed by atoms with Gasteiger partial charge in [0.15, 0.2) is 5.22 Å². The molecule has 0 saturated carbocycles. The molecule has 18 heavy (non-hydrogen) atoms. The van der Waals surface area contributed by atoms with Crippen LogP contribution in [0.2, 0.25) is 15.3 Å². The van der Waals surface area contributed by atoms with Gasteiger partial charge >= 0.3 is 0 Å². The van der Waals surface area contributed by atoms with Gasteiger partial charge in [0.2, 0.25) is 0 Å². The van der Waals surface area contributed by atoms with Crippen molar-refractivity contribution < 1.29 is 4.42 Å². The Morgan fingerprint density at radius 1 is 1.17 bits per heavy atom. The Bertz CT molecular complexity index is 522. The first-order valence-electron chi connectivity index (χ1n) is 5.25. The van der Waals surface area contributed by atoms with E-state index in [0.717, 1.165) is 11.1 Å². The average Bonchev–Trinajstić information content (AvgIpc) is 2.76. The van der Waals surface area contributed by atoms with E-state index in [-0.39, 0.29) is 6.04 Å². The molecule has 3 nitrogen and oxygen atoms in total. The minimum Gasteiger partial charge on any atom is -0.453 e. The van der Waals surface area contributed by atoms with Crippen LogP contribution >= 0.6 is 34.8 Å². The number of hydrogen-bond acceptors (Lipinski definition) is 3. The number of hydrogen-bond donors (Lipinski definition) is 2. The molecule has 2 rings (SSSR count). The van der Waals surface area contributed by atoms with E-state index in [1.807, 2.05) is 0 Å². The van der Waals surface area contributed by atoms with Gasteiger partial charge in [-0.2, -0.15) is 0 Å². The van der Waals surface area contributed by atoms with Gasteiger partial charge in [-0.3, -0.25) is 11.3 Å². The van der Waals surface area contributed by atoms with E-state index in [4.69, 9.17) is 45.1 Å². The van der Waals surface area contributed by atoms with E-state index < -0.39 is 0 Å². The molecule has 1 heterocycles. The SMILES string of the molecule is NNC(Cc1c(Cl)cccc1Cl)c1ccoc1Cl. The highest BCUT2D eigenvalue weighted by Gasteiger charge is 2.18. The Balaban J connectivity index is 2.29. The molecular weight excluding hydrogens is 295 g/mol. The van der Waals surface area contributed by atoms with Gasteiger partial charge in [0.05, 0.1) is 12.3 Å². The van der Waals surface area contributed by atoms with Crippen LogP contribution in [0.15, 0.2) is 34.9 Å². The van der Waals surface area contributed by atoms with E-state index in [0.29, 0.717) is 21.7 Å². The fraction of sp³-hybridized carbons (Fsp3) is 0.167. The molecule has 1 atom stereocenters. The fourth-order valence-corrected chi connectivity index (χ4v) is 2.54. The first-order chi connectivity index (χ1) is 8.63. The van der Waals surface area contributed by atoms with Crippen LogP contribution in [-0.2, 0) is 6.42 Å². The summed E-state index contributed by atoms with van der Waals surface area (Å²) >= 11 is 18.2. The monoisotopic (exact) mass is 304 g/mol. The second-order valence-corrected chi connectivity index (χ2v) is 4.93. The van der Waals surface area contributed by atoms with Gasteiger partial charge in [-0.1, -0.05) is 29.3 Å². The third-order valence-electron chi connectivity index (χ3n) is 2.69. The highest BCUT2D eigenvalue weighted by Crippen LogP contribution is 2.31. The van der Waals surface area contributed by atoms with Gasteiger partial charge in [-0.05, 0) is 41.8 Å². The third kappa shape index (κ3) is 2.82. The van der Waals surface area contributed by atoms with Crippen LogP contribution in [0, 0.1) is 0 Å². The highest BCUT2D eigenvalue weighted by atomic mass is 35.5. The summed E-state index contributed by atoms with van der Waals surface area (Å²) in [5.41, 5.74) is 4.28. The summed E-state index contributed by atoms with van der Waals surface area (Å²) in [6, 6.07) is 6.91. The molecular formula is C12H11Cl3N2O.